The highest BCUT2D eigenvalue weighted by Crippen LogP contribution is 2.50. The van der Waals surface area contributed by atoms with Crippen LogP contribution in [0.1, 0.15) is 31.2 Å². The lowest BCUT2D eigenvalue weighted by Crippen LogP contribution is -2.33. The number of allylic oxidation sites excluding steroid dienone is 6. The van der Waals surface area contributed by atoms with Crippen LogP contribution in [0, 0.1) is 0 Å². The molecule has 0 amide bonds. The second-order valence-electron chi connectivity index (χ2n) is 13.0. The SMILES string of the molecule is CC12C=CC(n3c4ccccc4c4cc(-c5ccc6c(c5)c5ccccc5n6C5=CC=CCC5)ccc43)=CC1c1ccccc1O2. The minimum absolute atomic E-state index is 0.161. The lowest BCUT2D eigenvalue weighted by Gasteiger charge is -2.30. The second kappa shape index (κ2) is 9.48. The highest BCUT2D eigenvalue weighted by molar-refractivity contribution is 6.13. The molecule has 2 aliphatic carbocycles. The lowest BCUT2D eigenvalue weighted by atomic mass is 9.81. The Kier molecular flexibility index (Phi) is 5.31. The van der Waals surface area contributed by atoms with Crippen molar-refractivity contribution in [1.82, 2.24) is 9.13 Å². The van der Waals surface area contributed by atoms with Crippen molar-refractivity contribution in [3.63, 3.8) is 0 Å². The van der Waals surface area contributed by atoms with Gasteiger partial charge in [-0.1, -0.05) is 78.9 Å². The van der Waals surface area contributed by atoms with Crippen molar-refractivity contribution in [3.8, 4) is 16.9 Å². The summed E-state index contributed by atoms with van der Waals surface area (Å²) in [5.41, 5.74) is 10.9. The van der Waals surface area contributed by atoms with E-state index in [0.29, 0.717) is 0 Å². The van der Waals surface area contributed by atoms with Gasteiger partial charge >= 0.3 is 0 Å². The summed E-state index contributed by atoms with van der Waals surface area (Å²) in [7, 11) is 0. The molecule has 0 N–H and O–H groups in total. The highest BCUT2D eigenvalue weighted by atomic mass is 16.5. The van der Waals surface area contributed by atoms with E-state index in [4.69, 9.17) is 4.74 Å². The summed E-state index contributed by atoms with van der Waals surface area (Å²) in [5, 5.41) is 5.12. The van der Waals surface area contributed by atoms with E-state index in [1.165, 1.54) is 71.7 Å². The minimum atomic E-state index is -0.370. The summed E-state index contributed by atoms with van der Waals surface area (Å²) in [6.07, 6.45) is 15.7. The normalized spacial score (nSPS) is 20.2. The van der Waals surface area contributed by atoms with Crippen LogP contribution in [0.4, 0.5) is 0 Å². The van der Waals surface area contributed by atoms with Gasteiger partial charge in [-0.05, 0) is 97.7 Å². The Hall–Kier alpha value is -5.54. The molecule has 7 aromatic rings. The Morgan fingerprint density at radius 2 is 1.30 bits per heavy atom. The van der Waals surface area contributed by atoms with Gasteiger partial charge in [0.2, 0.25) is 0 Å². The molecule has 0 fully saturated rings. The number of fused-ring (bicyclic) bond motifs is 9. The molecule has 2 unspecified atom stereocenters. The van der Waals surface area contributed by atoms with Crippen LogP contribution < -0.4 is 4.74 Å². The molecule has 3 aliphatic rings. The molecule has 220 valence electrons. The van der Waals surface area contributed by atoms with Gasteiger partial charge in [-0.2, -0.15) is 0 Å². The van der Waals surface area contributed by atoms with Gasteiger partial charge in [0.15, 0.2) is 0 Å². The molecule has 2 aromatic heterocycles. The van der Waals surface area contributed by atoms with Crippen LogP contribution in [0.3, 0.4) is 0 Å². The monoisotopic (exact) mass is 592 g/mol. The van der Waals surface area contributed by atoms with E-state index in [1.54, 1.807) is 0 Å². The van der Waals surface area contributed by atoms with Crippen LogP contribution in [0.5, 0.6) is 5.75 Å². The van der Waals surface area contributed by atoms with Crippen LogP contribution in [-0.4, -0.2) is 14.7 Å². The first-order valence-electron chi connectivity index (χ1n) is 16.3. The maximum Gasteiger partial charge on any atom is 0.135 e. The molecule has 10 rings (SSSR count). The number of rotatable bonds is 3. The molecule has 0 saturated carbocycles. The first-order valence-corrected chi connectivity index (χ1v) is 16.3. The number of nitrogens with zero attached hydrogens (tertiary/aromatic N) is 2. The Bertz CT molecular complexity index is 2530. The standard InChI is InChI=1S/C43H32N2O/c1-43-24-23-31(27-37(43)34-15-7-10-18-42(34)46-43)45-39-17-9-6-14-33(39)36-26-29(20-22-41(36)45)28-19-21-40-35(25-28)32-13-5-8-16-38(32)44(40)30-11-3-2-4-12-30/h2-3,5-11,13-27,37H,4,12H2,1H3. The fourth-order valence-electron chi connectivity index (χ4n) is 8.13. The topological polar surface area (TPSA) is 19.1 Å². The summed E-state index contributed by atoms with van der Waals surface area (Å²) in [6, 6.07) is 40.0. The molecule has 3 nitrogen and oxygen atoms in total. The molecule has 2 atom stereocenters. The van der Waals surface area contributed by atoms with Crippen molar-refractivity contribution in [2.75, 3.05) is 0 Å². The van der Waals surface area contributed by atoms with Crippen LogP contribution in [-0.2, 0) is 0 Å². The zero-order valence-electron chi connectivity index (χ0n) is 25.7. The van der Waals surface area contributed by atoms with Crippen molar-refractivity contribution >= 4 is 55.0 Å². The summed E-state index contributed by atoms with van der Waals surface area (Å²) < 4.78 is 11.3. The molecule has 3 heterocycles. The number of aromatic nitrogens is 2. The Morgan fingerprint density at radius 1 is 0.674 bits per heavy atom. The van der Waals surface area contributed by atoms with Crippen molar-refractivity contribution in [1.29, 1.82) is 0 Å². The van der Waals surface area contributed by atoms with Crippen LogP contribution in [0.25, 0.3) is 66.1 Å². The molecule has 5 aromatic carbocycles. The predicted molar refractivity (Wildman–Crippen MR) is 192 cm³/mol. The first kappa shape index (κ1) is 25.8. The van der Waals surface area contributed by atoms with E-state index in [9.17, 15) is 0 Å². The lowest BCUT2D eigenvalue weighted by molar-refractivity contribution is 0.155. The zero-order valence-corrected chi connectivity index (χ0v) is 25.7. The smallest absolute Gasteiger partial charge is 0.135 e. The van der Waals surface area contributed by atoms with Crippen LogP contribution >= 0.6 is 0 Å². The van der Waals surface area contributed by atoms with E-state index in [0.717, 1.165) is 18.6 Å². The molecule has 3 heteroatoms. The highest BCUT2D eigenvalue weighted by Gasteiger charge is 2.43. The fraction of sp³-hybridized carbons (Fsp3) is 0.116. The maximum absolute atomic E-state index is 6.45. The third-order valence-electron chi connectivity index (χ3n) is 10.3. The van der Waals surface area contributed by atoms with Gasteiger partial charge in [0, 0.05) is 38.5 Å². The Morgan fingerprint density at radius 3 is 2.02 bits per heavy atom. The number of para-hydroxylation sites is 3. The summed E-state index contributed by atoms with van der Waals surface area (Å²) in [5.74, 6) is 1.14. The summed E-state index contributed by atoms with van der Waals surface area (Å²) in [4.78, 5) is 0. The quantitative estimate of drug-likeness (QED) is 0.200. The van der Waals surface area contributed by atoms with E-state index in [-0.39, 0.29) is 11.5 Å². The summed E-state index contributed by atoms with van der Waals surface area (Å²) >= 11 is 0. The van der Waals surface area contributed by atoms with Gasteiger partial charge in [-0.3, -0.25) is 0 Å². The van der Waals surface area contributed by atoms with Gasteiger partial charge in [0.25, 0.3) is 0 Å². The second-order valence-corrected chi connectivity index (χ2v) is 13.0. The largest absolute Gasteiger partial charge is 0.482 e. The third kappa shape index (κ3) is 3.60. The Balaban J connectivity index is 1.14. The summed E-state index contributed by atoms with van der Waals surface area (Å²) in [6.45, 7) is 2.19. The molecule has 0 radical (unpaired) electrons. The van der Waals surface area contributed by atoms with Crippen molar-refractivity contribution in [3.05, 3.63) is 151 Å². The first-order chi connectivity index (χ1) is 22.7. The van der Waals surface area contributed by atoms with Crippen LogP contribution in [0.15, 0.2) is 146 Å². The number of benzene rings is 5. The van der Waals surface area contributed by atoms with E-state index < -0.39 is 0 Å². The average Bonchev–Trinajstić information content (AvgIpc) is 3.72. The predicted octanol–water partition coefficient (Wildman–Crippen LogP) is 11.1. The zero-order chi connectivity index (χ0) is 30.4. The maximum atomic E-state index is 6.45. The van der Waals surface area contributed by atoms with E-state index in [1.807, 2.05) is 0 Å². The van der Waals surface area contributed by atoms with Crippen LogP contribution in [0.2, 0.25) is 0 Å². The Labute approximate surface area is 267 Å². The fourth-order valence-corrected chi connectivity index (χ4v) is 8.13. The van der Waals surface area contributed by atoms with Gasteiger partial charge in [-0.15, -0.1) is 0 Å². The molecule has 0 bridgehead atoms. The van der Waals surface area contributed by atoms with Crippen molar-refractivity contribution < 1.29 is 4.74 Å². The van der Waals surface area contributed by atoms with E-state index in [2.05, 4.69) is 162 Å². The minimum Gasteiger partial charge on any atom is -0.482 e. The average molecular weight is 593 g/mol. The van der Waals surface area contributed by atoms with Gasteiger partial charge in [-0.25, -0.2) is 0 Å². The molecule has 0 saturated heterocycles. The van der Waals surface area contributed by atoms with Gasteiger partial charge in [0.1, 0.15) is 11.4 Å². The molecule has 46 heavy (non-hydrogen) atoms. The van der Waals surface area contributed by atoms with E-state index >= 15 is 0 Å². The van der Waals surface area contributed by atoms with Gasteiger partial charge in [0.05, 0.1) is 28.0 Å². The van der Waals surface area contributed by atoms with Gasteiger partial charge < -0.3 is 13.9 Å². The molecule has 0 spiro atoms. The number of hydrogen-bond donors (Lipinski definition) is 0. The molecular weight excluding hydrogens is 560 g/mol. The third-order valence-corrected chi connectivity index (χ3v) is 10.3. The van der Waals surface area contributed by atoms with Crippen molar-refractivity contribution in [2.45, 2.75) is 31.3 Å². The van der Waals surface area contributed by atoms with Crippen molar-refractivity contribution in [2.24, 2.45) is 0 Å². The number of ether oxygens (including phenoxy) is 1. The molecule has 1 aliphatic heterocycles. The molecular formula is C43H32N2O. The number of hydrogen-bond acceptors (Lipinski definition) is 1.